The summed E-state index contributed by atoms with van der Waals surface area (Å²) in [7, 11) is 0. The van der Waals surface area contributed by atoms with E-state index in [-0.39, 0.29) is 11.9 Å². The van der Waals surface area contributed by atoms with Crippen molar-refractivity contribution in [3.8, 4) is 5.75 Å². The van der Waals surface area contributed by atoms with Gasteiger partial charge in [0.25, 0.3) is 5.91 Å². The van der Waals surface area contributed by atoms with Crippen LogP contribution in [0.2, 0.25) is 0 Å². The molecule has 0 aliphatic carbocycles. The number of aromatic nitrogens is 1. The minimum absolute atomic E-state index is 0.00828. The molecule has 1 aromatic heterocycles. The van der Waals surface area contributed by atoms with Crippen molar-refractivity contribution in [2.75, 3.05) is 6.54 Å². The highest BCUT2D eigenvalue weighted by Gasteiger charge is 2.24. The molecule has 0 fully saturated rings. The lowest BCUT2D eigenvalue weighted by atomic mass is 10.2. The third-order valence-electron chi connectivity index (χ3n) is 4.29. The topological polar surface area (TPSA) is 43.3 Å². The number of hydrogen-bond acceptors (Lipinski definition) is 2. The van der Waals surface area contributed by atoms with Crippen molar-refractivity contribution >= 4 is 16.8 Å². The van der Waals surface area contributed by atoms with Gasteiger partial charge in [0, 0.05) is 23.5 Å². The van der Waals surface area contributed by atoms with Crippen molar-refractivity contribution in [2.24, 2.45) is 0 Å². The maximum atomic E-state index is 12.0. The number of nitrogens with zero attached hydrogens (tertiary/aromatic N) is 1. The van der Waals surface area contributed by atoms with Crippen molar-refractivity contribution in [3.05, 3.63) is 65.9 Å². The zero-order valence-corrected chi connectivity index (χ0v) is 13.0. The average molecular weight is 306 g/mol. The summed E-state index contributed by atoms with van der Waals surface area (Å²) in [6, 6.07) is 18.3. The fraction of sp³-hybridized carbons (Fsp3) is 0.211. The highest BCUT2D eigenvalue weighted by Crippen LogP contribution is 2.29. The third kappa shape index (κ3) is 2.46. The maximum absolute atomic E-state index is 12.0. The van der Waals surface area contributed by atoms with Gasteiger partial charge in [0.2, 0.25) is 0 Å². The molecule has 0 spiro atoms. The van der Waals surface area contributed by atoms with Gasteiger partial charge >= 0.3 is 0 Å². The van der Waals surface area contributed by atoms with E-state index in [1.165, 1.54) is 0 Å². The molecule has 23 heavy (non-hydrogen) atoms. The molecule has 0 saturated heterocycles. The van der Waals surface area contributed by atoms with Crippen molar-refractivity contribution in [3.63, 3.8) is 0 Å². The molecule has 1 aliphatic heterocycles. The van der Waals surface area contributed by atoms with Crippen molar-refractivity contribution in [1.29, 1.82) is 0 Å². The van der Waals surface area contributed by atoms with Gasteiger partial charge in [-0.05, 0) is 36.8 Å². The molecule has 4 nitrogen and oxygen atoms in total. The first-order valence-corrected chi connectivity index (χ1v) is 7.82. The Hall–Kier alpha value is -2.75. The van der Waals surface area contributed by atoms with Crippen LogP contribution < -0.4 is 10.1 Å². The summed E-state index contributed by atoms with van der Waals surface area (Å²) in [5.74, 6) is 0.809. The smallest absolute Gasteiger partial charge is 0.268 e. The summed E-state index contributed by atoms with van der Waals surface area (Å²) >= 11 is 0. The Kier molecular flexibility index (Phi) is 3.30. The lowest BCUT2D eigenvalue weighted by Gasteiger charge is -2.24. The number of benzene rings is 2. The first-order valence-electron chi connectivity index (χ1n) is 7.82. The van der Waals surface area contributed by atoms with E-state index in [1.54, 1.807) is 0 Å². The highest BCUT2D eigenvalue weighted by molar-refractivity contribution is 6.00. The van der Waals surface area contributed by atoms with Crippen molar-refractivity contribution in [2.45, 2.75) is 19.6 Å². The molecule has 0 unspecified atom stereocenters. The number of rotatable bonds is 3. The van der Waals surface area contributed by atoms with Crippen molar-refractivity contribution in [1.82, 2.24) is 9.88 Å². The zero-order valence-electron chi connectivity index (χ0n) is 13.0. The van der Waals surface area contributed by atoms with Gasteiger partial charge in [-0.1, -0.05) is 30.3 Å². The summed E-state index contributed by atoms with van der Waals surface area (Å²) in [6.45, 7) is 3.32. The summed E-state index contributed by atoms with van der Waals surface area (Å²) in [5.41, 5.74) is 2.94. The van der Waals surface area contributed by atoms with Gasteiger partial charge in [-0.25, -0.2) is 0 Å². The fourth-order valence-corrected chi connectivity index (χ4v) is 3.12. The predicted octanol–water partition coefficient (Wildman–Crippen LogP) is 3.52. The number of fused-ring (bicyclic) bond motifs is 3. The first-order chi connectivity index (χ1) is 11.2. The Morgan fingerprint density at radius 3 is 2.83 bits per heavy atom. The summed E-state index contributed by atoms with van der Waals surface area (Å²) in [4.78, 5) is 12.0. The van der Waals surface area contributed by atoms with Gasteiger partial charge < -0.3 is 14.6 Å². The summed E-state index contributed by atoms with van der Waals surface area (Å²) < 4.78 is 7.98. The van der Waals surface area contributed by atoms with Gasteiger partial charge in [0.15, 0.2) is 0 Å². The summed E-state index contributed by atoms with van der Waals surface area (Å²) in [6.07, 6.45) is 0. The Bertz CT molecular complexity index is 868. The van der Waals surface area contributed by atoms with Crippen LogP contribution in [0.5, 0.6) is 5.75 Å². The van der Waals surface area contributed by atoms with Crippen LogP contribution in [0, 0.1) is 0 Å². The largest absolute Gasteiger partial charge is 0.489 e. The number of carbonyl (C=O) groups excluding carboxylic acids is 1. The Morgan fingerprint density at radius 1 is 1.17 bits per heavy atom. The molecule has 2 heterocycles. The van der Waals surface area contributed by atoms with Crippen LogP contribution in [0.3, 0.4) is 0 Å². The predicted molar refractivity (Wildman–Crippen MR) is 89.8 cm³/mol. The van der Waals surface area contributed by atoms with Crippen LogP contribution in [0.15, 0.2) is 54.6 Å². The third-order valence-corrected chi connectivity index (χ3v) is 4.29. The van der Waals surface area contributed by atoms with E-state index < -0.39 is 0 Å². The van der Waals surface area contributed by atoms with E-state index in [0.717, 1.165) is 27.9 Å². The SMILES string of the molecule is C[C@H]1CNC(=O)c2cc3cc(OCc4ccccc4)ccc3n21. The molecule has 1 amide bonds. The number of nitrogens with one attached hydrogen (secondary N) is 1. The van der Waals surface area contributed by atoms with Gasteiger partial charge in [0.05, 0.1) is 0 Å². The van der Waals surface area contributed by atoms with Gasteiger partial charge in [-0.3, -0.25) is 4.79 Å². The Balaban J connectivity index is 1.65. The molecule has 2 aromatic carbocycles. The quantitative estimate of drug-likeness (QED) is 0.804. The van der Waals surface area contributed by atoms with E-state index in [9.17, 15) is 4.79 Å². The monoisotopic (exact) mass is 306 g/mol. The van der Waals surface area contributed by atoms with Crippen LogP contribution in [-0.2, 0) is 6.61 Å². The first kappa shape index (κ1) is 13.9. The van der Waals surface area contributed by atoms with E-state index in [1.807, 2.05) is 54.6 Å². The molecular formula is C19H18N2O2. The van der Waals surface area contributed by atoms with Gasteiger partial charge in [-0.15, -0.1) is 0 Å². The molecule has 0 radical (unpaired) electrons. The number of carbonyl (C=O) groups is 1. The lowest BCUT2D eigenvalue weighted by molar-refractivity contribution is 0.0919. The molecule has 4 rings (SSSR count). The van der Waals surface area contributed by atoms with Gasteiger partial charge in [-0.2, -0.15) is 0 Å². The van der Waals surface area contributed by atoms with E-state index >= 15 is 0 Å². The molecule has 1 N–H and O–H groups in total. The summed E-state index contributed by atoms with van der Waals surface area (Å²) in [5, 5.41) is 3.96. The number of hydrogen-bond donors (Lipinski definition) is 1. The molecule has 4 heteroatoms. The maximum Gasteiger partial charge on any atom is 0.268 e. The number of ether oxygens (including phenoxy) is 1. The minimum atomic E-state index is -0.00828. The molecule has 0 saturated carbocycles. The standard InChI is InChI=1S/C19H18N2O2/c1-13-11-20-19(22)18-10-15-9-16(7-8-17(15)21(13)18)23-12-14-5-3-2-4-6-14/h2-10,13H,11-12H2,1H3,(H,20,22)/t13-/m0/s1. The van der Waals surface area contributed by atoms with Crippen LogP contribution in [0.25, 0.3) is 10.9 Å². The van der Waals surface area contributed by atoms with E-state index in [4.69, 9.17) is 4.74 Å². The van der Waals surface area contributed by atoms with Crippen LogP contribution in [0.1, 0.15) is 29.0 Å². The fourth-order valence-electron chi connectivity index (χ4n) is 3.12. The zero-order chi connectivity index (χ0) is 15.8. The second kappa shape index (κ2) is 5.47. The molecule has 3 aromatic rings. The second-order valence-electron chi connectivity index (χ2n) is 5.95. The van der Waals surface area contributed by atoms with Crippen molar-refractivity contribution < 1.29 is 9.53 Å². The van der Waals surface area contributed by atoms with Crippen LogP contribution in [-0.4, -0.2) is 17.0 Å². The molecule has 1 atom stereocenters. The molecule has 1 aliphatic rings. The Labute approximate surface area is 134 Å². The van der Waals surface area contributed by atoms with E-state index in [0.29, 0.717) is 13.2 Å². The molecule has 116 valence electrons. The second-order valence-corrected chi connectivity index (χ2v) is 5.95. The van der Waals surface area contributed by atoms with Gasteiger partial charge in [0.1, 0.15) is 18.1 Å². The van der Waals surface area contributed by atoms with Crippen LogP contribution >= 0.6 is 0 Å². The Morgan fingerprint density at radius 2 is 2.00 bits per heavy atom. The van der Waals surface area contributed by atoms with Crippen LogP contribution in [0.4, 0.5) is 0 Å². The molecular weight excluding hydrogens is 288 g/mol. The lowest BCUT2D eigenvalue weighted by Crippen LogP contribution is -2.37. The minimum Gasteiger partial charge on any atom is -0.489 e. The normalized spacial score (nSPS) is 16.9. The average Bonchev–Trinajstić information content (AvgIpc) is 2.97. The number of amides is 1. The highest BCUT2D eigenvalue weighted by atomic mass is 16.5. The molecule has 0 bridgehead atoms. The van der Waals surface area contributed by atoms with E-state index in [2.05, 4.69) is 16.8 Å².